The summed E-state index contributed by atoms with van der Waals surface area (Å²) in [6.45, 7) is 5.23. The number of hydrogen-bond donors (Lipinski definition) is 1. The second kappa shape index (κ2) is 6.00. The van der Waals surface area contributed by atoms with Gasteiger partial charge in [-0.05, 0) is 49.9 Å². The molecule has 0 saturated carbocycles. The predicted octanol–water partition coefficient (Wildman–Crippen LogP) is 3.98. The Balaban J connectivity index is 2.10. The average Bonchev–Trinajstić information content (AvgIpc) is 2.40. The van der Waals surface area contributed by atoms with Crippen molar-refractivity contribution in [3.8, 4) is 0 Å². The molecule has 19 heavy (non-hydrogen) atoms. The number of nitrogens with one attached hydrogen (secondary N) is 1. The van der Waals surface area contributed by atoms with E-state index in [1.54, 1.807) is 32.0 Å². The molecular weight excluding hydrogens is 244 g/mol. The van der Waals surface area contributed by atoms with Crippen LogP contribution < -0.4 is 5.32 Å². The Hall–Kier alpha value is -0.960. The van der Waals surface area contributed by atoms with Gasteiger partial charge in [0.1, 0.15) is 0 Å². The summed E-state index contributed by atoms with van der Waals surface area (Å²) in [7, 11) is 0. The Morgan fingerprint density at radius 2 is 1.95 bits per heavy atom. The number of alkyl halides is 2. The van der Waals surface area contributed by atoms with E-state index in [4.69, 9.17) is 0 Å². The molecule has 1 aromatic rings. The molecule has 0 aromatic heterocycles. The van der Waals surface area contributed by atoms with Crippen molar-refractivity contribution in [2.45, 2.75) is 39.0 Å². The van der Waals surface area contributed by atoms with Gasteiger partial charge < -0.3 is 5.32 Å². The number of piperidine rings is 1. The summed E-state index contributed by atoms with van der Waals surface area (Å²) in [6.07, 6.45) is 3.21. The van der Waals surface area contributed by atoms with Crippen LogP contribution in [0.2, 0.25) is 0 Å². The van der Waals surface area contributed by atoms with E-state index in [0.717, 1.165) is 37.9 Å². The Labute approximate surface area is 114 Å². The summed E-state index contributed by atoms with van der Waals surface area (Å²) < 4.78 is 28.1. The maximum Gasteiger partial charge on any atom is 0.275 e. The van der Waals surface area contributed by atoms with Crippen molar-refractivity contribution in [1.82, 2.24) is 5.32 Å². The van der Waals surface area contributed by atoms with Gasteiger partial charge in [-0.3, -0.25) is 0 Å². The highest BCUT2D eigenvalue weighted by Gasteiger charge is 2.35. The molecule has 3 heteroatoms. The van der Waals surface area contributed by atoms with Gasteiger partial charge in [0.05, 0.1) is 0 Å². The van der Waals surface area contributed by atoms with E-state index in [2.05, 4.69) is 5.32 Å². The molecule has 1 heterocycles. The molecule has 1 aliphatic heterocycles. The van der Waals surface area contributed by atoms with Crippen LogP contribution in [0.15, 0.2) is 24.3 Å². The van der Waals surface area contributed by atoms with Gasteiger partial charge in [-0.25, -0.2) is 8.78 Å². The maximum atomic E-state index is 14.0. The lowest BCUT2D eigenvalue weighted by atomic mass is 9.89. The first-order chi connectivity index (χ1) is 9.00. The van der Waals surface area contributed by atoms with E-state index in [1.807, 2.05) is 6.07 Å². The fourth-order valence-electron chi connectivity index (χ4n) is 2.66. The standard InChI is InChI=1S/C16H23F2N/c1-12(2)16(17,18)15-5-3-4-14(11-15)10-13-6-8-19-9-7-13/h3-5,11-13,19H,6-10H2,1-2H3. The number of hydrogen-bond acceptors (Lipinski definition) is 1. The molecule has 1 aliphatic rings. The van der Waals surface area contributed by atoms with Crippen molar-refractivity contribution in [3.05, 3.63) is 35.4 Å². The smallest absolute Gasteiger partial charge is 0.275 e. The second-order valence-electron chi connectivity index (χ2n) is 5.88. The summed E-state index contributed by atoms with van der Waals surface area (Å²) in [4.78, 5) is 0. The van der Waals surface area contributed by atoms with Gasteiger partial charge in [0.2, 0.25) is 0 Å². The Bertz CT molecular complexity index is 409. The molecule has 1 aromatic carbocycles. The highest BCUT2D eigenvalue weighted by Crippen LogP contribution is 2.36. The molecule has 2 rings (SSSR count). The summed E-state index contributed by atoms with van der Waals surface area (Å²) in [5.41, 5.74) is 1.21. The molecule has 1 N–H and O–H groups in total. The van der Waals surface area contributed by atoms with E-state index in [0.29, 0.717) is 5.92 Å². The van der Waals surface area contributed by atoms with E-state index in [-0.39, 0.29) is 5.56 Å². The second-order valence-corrected chi connectivity index (χ2v) is 5.88. The quantitative estimate of drug-likeness (QED) is 0.870. The van der Waals surface area contributed by atoms with Crippen LogP contribution in [0.4, 0.5) is 8.78 Å². The number of rotatable bonds is 4. The first-order valence-electron chi connectivity index (χ1n) is 7.18. The minimum absolute atomic E-state index is 0.161. The van der Waals surface area contributed by atoms with Gasteiger partial charge in [0.25, 0.3) is 5.92 Å². The summed E-state index contributed by atoms with van der Waals surface area (Å²) in [5.74, 6) is -2.77. The van der Waals surface area contributed by atoms with Gasteiger partial charge in [-0.2, -0.15) is 0 Å². The van der Waals surface area contributed by atoms with Crippen molar-refractivity contribution >= 4 is 0 Å². The van der Waals surface area contributed by atoms with Crippen molar-refractivity contribution < 1.29 is 8.78 Å². The topological polar surface area (TPSA) is 12.0 Å². The first kappa shape index (κ1) is 14.4. The zero-order valence-corrected chi connectivity index (χ0v) is 11.8. The lowest BCUT2D eigenvalue weighted by Crippen LogP contribution is -2.28. The third-order valence-corrected chi connectivity index (χ3v) is 4.02. The zero-order valence-electron chi connectivity index (χ0n) is 11.8. The van der Waals surface area contributed by atoms with Gasteiger partial charge in [0, 0.05) is 11.5 Å². The molecule has 106 valence electrons. The molecule has 1 fully saturated rings. The lowest BCUT2D eigenvalue weighted by Gasteiger charge is -2.24. The molecule has 0 aliphatic carbocycles. The Kier molecular flexibility index (Phi) is 4.56. The minimum Gasteiger partial charge on any atom is -0.317 e. The van der Waals surface area contributed by atoms with Crippen LogP contribution in [0, 0.1) is 11.8 Å². The summed E-state index contributed by atoms with van der Waals surface area (Å²) >= 11 is 0. The molecule has 0 spiro atoms. The van der Waals surface area contributed by atoms with Crippen LogP contribution in [-0.2, 0) is 12.3 Å². The molecule has 1 saturated heterocycles. The highest BCUT2D eigenvalue weighted by molar-refractivity contribution is 5.27. The van der Waals surface area contributed by atoms with Crippen LogP contribution in [0.25, 0.3) is 0 Å². The normalized spacial score (nSPS) is 17.9. The Morgan fingerprint density at radius 1 is 1.26 bits per heavy atom. The molecule has 0 radical (unpaired) electrons. The highest BCUT2D eigenvalue weighted by atomic mass is 19.3. The van der Waals surface area contributed by atoms with Crippen molar-refractivity contribution in [1.29, 1.82) is 0 Å². The fraction of sp³-hybridized carbons (Fsp3) is 0.625. The minimum atomic E-state index is -2.73. The van der Waals surface area contributed by atoms with Crippen molar-refractivity contribution in [2.75, 3.05) is 13.1 Å². The number of halogens is 2. The van der Waals surface area contributed by atoms with Gasteiger partial charge in [0.15, 0.2) is 0 Å². The molecule has 0 atom stereocenters. The van der Waals surface area contributed by atoms with E-state index in [9.17, 15) is 8.78 Å². The van der Waals surface area contributed by atoms with Gasteiger partial charge >= 0.3 is 0 Å². The van der Waals surface area contributed by atoms with E-state index in [1.165, 1.54) is 0 Å². The summed E-state index contributed by atoms with van der Waals surface area (Å²) in [5, 5.41) is 3.33. The molecule has 0 bridgehead atoms. The largest absolute Gasteiger partial charge is 0.317 e. The third kappa shape index (κ3) is 3.53. The molecule has 0 amide bonds. The monoisotopic (exact) mass is 267 g/mol. The first-order valence-corrected chi connectivity index (χ1v) is 7.18. The SMILES string of the molecule is CC(C)C(F)(F)c1cccc(CC2CCNCC2)c1. The fourth-order valence-corrected chi connectivity index (χ4v) is 2.66. The molecule has 0 unspecified atom stereocenters. The van der Waals surface area contributed by atoms with Crippen LogP contribution in [0.5, 0.6) is 0 Å². The summed E-state index contributed by atoms with van der Waals surface area (Å²) in [6, 6.07) is 6.98. The Morgan fingerprint density at radius 3 is 2.58 bits per heavy atom. The van der Waals surface area contributed by atoms with Crippen molar-refractivity contribution in [2.24, 2.45) is 11.8 Å². The van der Waals surface area contributed by atoms with Crippen LogP contribution in [0.3, 0.4) is 0 Å². The molecule has 1 nitrogen and oxygen atoms in total. The average molecular weight is 267 g/mol. The zero-order chi connectivity index (χ0) is 13.9. The van der Waals surface area contributed by atoms with Crippen LogP contribution in [-0.4, -0.2) is 13.1 Å². The lowest BCUT2D eigenvalue weighted by molar-refractivity contribution is -0.0514. The maximum absolute atomic E-state index is 14.0. The van der Waals surface area contributed by atoms with Crippen LogP contribution in [0.1, 0.15) is 37.8 Å². The van der Waals surface area contributed by atoms with Crippen LogP contribution >= 0.6 is 0 Å². The van der Waals surface area contributed by atoms with Gasteiger partial charge in [-0.15, -0.1) is 0 Å². The van der Waals surface area contributed by atoms with Crippen molar-refractivity contribution in [3.63, 3.8) is 0 Å². The number of benzene rings is 1. The third-order valence-electron chi connectivity index (χ3n) is 4.02. The van der Waals surface area contributed by atoms with E-state index < -0.39 is 11.8 Å². The predicted molar refractivity (Wildman–Crippen MR) is 74.5 cm³/mol. The molecular formula is C16H23F2N. The van der Waals surface area contributed by atoms with Gasteiger partial charge in [-0.1, -0.05) is 32.0 Å². The van der Waals surface area contributed by atoms with E-state index >= 15 is 0 Å².